The van der Waals surface area contributed by atoms with Gasteiger partial charge < -0.3 is 0 Å². The summed E-state index contributed by atoms with van der Waals surface area (Å²) in [6.07, 6.45) is 0.937. The van der Waals surface area contributed by atoms with Crippen LogP contribution < -0.4 is 0 Å². The molecular weight excluding hydrogens is 146 g/mol. The van der Waals surface area contributed by atoms with Crippen molar-refractivity contribution in [3.8, 4) is 0 Å². The van der Waals surface area contributed by atoms with Gasteiger partial charge in [-0.25, -0.2) is 8.78 Å². The third kappa shape index (κ3) is 6.02. The van der Waals surface area contributed by atoms with Crippen molar-refractivity contribution in [2.24, 2.45) is 0 Å². The second-order valence-electron chi connectivity index (χ2n) is 3.06. The normalized spacial score (nSPS) is 11.6. The quantitative estimate of drug-likeness (QED) is 0.540. The molecule has 0 atom stereocenters. The third-order valence-corrected chi connectivity index (χ3v) is 1.53. The Morgan fingerprint density at radius 3 is 2.27 bits per heavy atom. The number of allylic oxidation sites excluding steroid dienone is 1. The average molecular weight is 162 g/mol. The van der Waals surface area contributed by atoms with E-state index in [9.17, 15) is 8.78 Å². The fraction of sp³-hybridized carbons (Fsp3) is 0.778. The molecule has 0 N–H and O–H groups in total. The average Bonchev–Trinajstić information content (AvgIpc) is 1.84. The van der Waals surface area contributed by atoms with Gasteiger partial charge in [0.05, 0.1) is 0 Å². The maximum absolute atomic E-state index is 12.7. The first-order valence-corrected chi connectivity index (χ1v) is 4.00. The Balaban J connectivity index is 3.63. The molecule has 0 bridgehead atoms. The van der Waals surface area contributed by atoms with E-state index in [4.69, 9.17) is 0 Å². The zero-order chi connectivity index (χ0) is 8.91. The molecule has 0 saturated carbocycles. The van der Waals surface area contributed by atoms with Gasteiger partial charge in [0.2, 0.25) is 5.92 Å². The van der Waals surface area contributed by atoms with E-state index in [0.29, 0.717) is 12.8 Å². The molecule has 0 aliphatic rings. The van der Waals surface area contributed by atoms with E-state index in [1.807, 2.05) is 0 Å². The van der Waals surface area contributed by atoms with Crippen LogP contribution in [0.25, 0.3) is 0 Å². The highest BCUT2D eigenvalue weighted by Gasteiger charge is 2.26. The maximum atomic E-state index is 12.7. The molecule has 0 aliphatic heterocycles. The van der Waals surface area contributed by atoms with E-state index in [0.717, 1.165) is 5.57 Å². The first-order valence-electron chi connectivity index (χ1n) is 4.00. The molecule has 0 rings (SSSR count). The maximum Gasteiger partial charge on any atom is 0.248 e. The summed E-state index contributed by atoms with van der Waals surface area (Å²) in [5, 5.41) is 0. The fourth-order valence-corrected chi connectivity index (χ4v) is 0.887. The Morgan fingerprint density at radius 1 is 1.36 bits per heavy atom. The van der Waals surface area contributed by atoms with Gasteiger partial charge in [0.25, 0.3) is 0 Å². The predicted molar refractivity (Wildman–Crippen MR) is 43.9 cm³/mol. The highest BCUT2D eigenvalue weighted by molar-refractivity contribution is 4.89. The molecule has 0 heterocycles. The summed E-state index contributed by atoms with van der Waals surface area (Å²) in [6.45, 7) is 7.14. The summed E-state index contributed by atoms with van der Waals surface area (Å²) < 4.78 is 25.5. The van der Waals surface area contributed by atoms with Gasteiger partial charge in [0.1, 0.15) is 0 Å². The van der Waals surface area contributed by atoms with Crippen LogP contribution in [0.5, 0.6) is 0 Å². The van der Waals surface area contributed by atoms with Gasteiger partial charge in [-0.05, 0) is 13.3 Å². The lowest BCUT2D eigenvalue weighted by molar-refractivity contribution is -0.0163. The van der Waals surface area contributed by atoms with Crippen LogP contribution in [0.2, 0.25) is 0 Å². The van der Waals surface area contributed by atoms with Gasteiger partial charge in [0, 0.05) is 12.8 Å². The van der Waals surface area contributed by atoms with Crippen LogP contribution in [-0.4, -0.2) is 5.92 Å². The molecule has 0 nitrogen and oxygen atoms in total. The molecule has 0 aliphatic carbocycles. The number of halogens is 2. The zero-order valence-electron chi connectivity index (χ0n) is 7.29. The Kier molecular flexibility index (Phi) is 4.31. The third-order valence-electron chi connectivity index (χ3n) is 1.53. The predicted octanol–water partition coefficient (Wildman–Crippen LogP) is 3.78. The summed E-state index contributed by atoms with van der Waals surface area (Å²) in [5.41, 5.74) is 0.834. The standard InChI is InChI=1S/C9H16F2/c1-4-6-9(10,11)7-5-8(2)3/h2,4-7H2,1,3H3. The smallest absolute Gasteiger partial charge is 0.207 e. The largest absolute Gasteiger partial charge is 0.248 e. The Hall–Kier alpha value is -0.400. The molecule has 0 amide bonds. The van der Waals surface area contributed by atoms with Crippen LogP contribution in [0.1, 0.15) is 39.5 Å². The van der Waals surface area contributed by atoms with Gasteiger partial charge in [0.15, 0.2) is 0 Å². The van der Waals surface area contributed by atoms with E-state index in [2.05, 4.69) is 6.58 Å². The summed E-state index contributed by atoms with van der Waals surface area (Å²) >= 11 is 0. The molecule has 0 saturated heterocycles. The molecule has 2 heteroatoms. The summed E-state index contributed by atoms with van der Waals surface area (Å²) in [5.74, 6) is -2.48. The summed E-state index contributed by atoms with van der Waals surface area (Å²) in [4.78, 5) is 0. The van der Waals surface area contributed by atoms with Gasteiger partial charge >= 0.3 is 0 Å². The van der Waals surface area contributed by atoms with Crippen LogP contribution in [0, 0.1) is 0 Å². The Labute approximate surface area is 67.3 Å². The minimum absolute atomic E-state index is 0.000278. The van der Waals surface area contributed by atoms with Crippen LogP contribution in [-0.2, 0) is 0 Å². The van der Waals surface area contributed by atoms with Crippen molar-refractivity contribution in [2.45, 2.75) is 45.5 Å². The van der Waals surface area contributed by atoms with Gasteiger partial charge in [-0.3, -0.25) is 0 Å². The minimum Gasteiger partial charge on any atom is -0.207 e. The zero-order valence-corrected chi connectivity index (χ0v) is 7.29. The van der Waals surface area contributed by atoms with Crippen LogP contribution in [0.3, 0.4) is 0 Å². The fourth-order valence-electron chi connectivity index (χ4n) is 0.887. The number of hydrogen-bond donors (Lipinski definition) is 0. The number of rotatable bonds is 5. The van der Waals surface area contributed by atoms with Crippen molar-refractivity contribution in [1.82, 2.24) is 0 Å². The second kappa shape index (κ2) is 4.47. The van der Waals surface area contributed by atoms with E-state index in [-0.39, 0.29) is 12.8 Å². The van der Waals surface area contributed by atoms with Crippen molar-refractivity contribution in [2.75, 3.05) is 0 Å². The molecular formula is C9H16F2. The molecule has 0 spiro atoms. The van der Waals surface area contributed by atoms with Gasteiger partial charge in [-0.1, -0.05) is 18.9 Å². The highest BCUT2D eigenvalue weighted by atomic mass is 19.3. The minimum atomic E-state index is -2.48. The molecule has 0 aromatic heterocycles. The van der Waals surface area contributed by atoms with Crippen molar-refractivity contribution in [3.63, 3.8) is 0 Å². The molecule has 66 valence electrons. The van der Waals surface area contributed by atoms with Gasteiger partial charge in [-0.15, -0.1) is 6.58 Å². The SMILES string of the molecule is C=C(C)CCC(F)(F)CCC. The second-order valence-corrected chi connectivity index (χ2v) is 3.06. The summed E-state index contributed by atoms with van der Waals surface area (Å²) in [6, 6.07) is 0. The van der Waals surface area contributed by atoms with Crippen molar-refractivity contribution < 1.29 is 8.78 Å². The van der Waals surface area contributed by atoms with Crippen molar-refractivity contribution in [1.29, 1.82) is 0 Å². The number of alkyl halides is 2. The van der Waals surface area contributed by atoms with Crippen molar-refractivity contribution >= 4 is 0 Å². The first kappa shape index (κ1) is 10.6. The van der Waals surface area contributed by atoms with Gasteiger partial charge in [-0.2, -0.15) is 0 Å². The monoisotopic (exact) mass is 162 g/mol. The molecule has 11 heavy (non-hydrogen) atoms. The van der Waals surface area contributed by atoms with Crippen LogP contribution >= 0.6 is 0 Å². The molecule has 0 radical (unpaired) electrons. The lowest BCUT2D eigenvalue weighted by atomic mass is 10.1. The first-order chi connectivity index (χ1) is 4.98. The van der Waals surface area contributed by atoms with E-state index in [1.165, 1.54) is 0 Å². The molecule has 0 aromatic carbocycles. The van der Waals surface area contributed by atoms with E-state index in [1.54, 1.807) is 13.8 Å². The van der Waals surface area contributed by atoms with Crippen LogP contribution in [0.15, 0.2) is 12.2 Å². The molecule has 0 unspecified atom stereocenters. The topological polar surface area (TPSA) is 0 Å². The number of hydrogen-bond acceptors (Lipinski definition) is 0. The van der Waals surface area contributed by atoms with E-state index < -0.39 is 5.92 Å². The lowest BCUT2D eigenvalue weighted by Crippen LogP contribution is -2.14. The van der Waals surface area contributed by atoms with Crippen molar-refractivity contribution in [3.05, 3.63) is 12.2 Å². The van der Waals surface area contributed by atoms with Crippen LogP contribution in [0.4, 0.5) is 8.78 Å². The Morgan fingerprint density at radius 2 is 1.91 bits per heavy atom. The highest BCUT2D eigenvalue weighted by Crippen LogP contribution is 2.27. The molecule has 0 aromatic rings. The van der Waals surface area contributed by atoms with E-state index >= 15 is 0 Å². The lowest BCUT2D eigenvalue weighted by Gasteiger charge is -2.14. The summed E-state index contributed by atoms with van der Waals surface area (Å²) in [7, 11) is 0. The Bertz CT molecular complexity index is 128. The molecule has 0 fully saturated rings.